The van der Waals surface area contributed by atoms with Crippen LogP contribution in [0.2, 0.25) is 0 Å². The Bertz CT molecular complexity index is 502. The first-order valence-corrected chi connectivity index (χ1v) is 8.84. The second kappa shape index (κ2) is 9.45. The minimum atomic E-state index is -0.214. The first kappa shape index (κ1) is 16.8. The van der Waals surface area contributed by atoms with Gasteiger partial charge in [0.25, 0.3) is 0 Å². The number of allylic oxidation sites excluding steroid dienone is 1. The molecule has 2 rings (SSSR count). The van der Waals surface area contributed by atoms with E-state index >= 15 is 0 Å². The van der Waals surface area contributed by atoms with Crippen LogP contribution in [0.4, 0.5) is 0 Å². The molecule has 0 aliphatic carbocycles. The van der Waals surface area contributed by atoms with Crippen molar-refractivity contribution in [2.45, 2.75) is 71.1 Å². The molecule has 0 bridgehead atoms. The number of hydrogen-bond acceptors (Lipinski definition) is 2. The van der Waals surface area contributed by atoms with Crippen molar-refractivity contribution in [3.8, 4) is 0 Å². The van der Waals surface area contributed by atoms with Crippen LogP contribution in [-0.2, 0) is 4.74 Å². The fourth-order valence-electron chi connectivity index (χ4n) is 2.93. The van der Waals surface area contributed by atoms with E-state index in [0.29, 0.717) is 5.56 Å². The van der Waals surface area contributed by atoms with Crippen LogP contribution in [0, 0.1) is 0 Å². The zero-order chi connectivity index (χ0) is 15.6. The molecule has 1 aromatic carbocycles. The zero-order valence-electron chi connectivity index (χ0n) is 13.8. The molecule has 1 heterocycles. The lowest BCUT2D eigenvalue weighted by Crippen LogP contribution is -1.92. The summed E-state index contributed by atoms with van der Waals surface area (Å²) in [5, 5.41) is 0. The van der Waals surface area contributed by atoms with Gasteiger partial charge in [-0.3, -0.25) is 0 Å². The molecule has 0 fully saturated rings. The monoisotopic (exact) mass is 300 g/mol. The van der Waals surface area contributed by atoms with Gasteiger partial charge in [0.1, 0.15) is 5.76 Å². The normalized spacial score (nSPS) is 15.1. The average Bonchev–Trinajstić information content (AvgIpc) is 2.86. The Kier molecular flexibility index (Phi) is 7.21. The fraction of sp³-hybridized carbons (Fsp3) is 0.550. The van der Waals surface area contributed by atoms with Crippen LogP contribution in [-0.4, -0.2) is 5.97 Å². The topological polar surface area (TPSA) is 26.3 Å². The van der Waals surface area contributed by atoms with Crippen LogP contribution >= 0.6 is 0 Å². The van der Waals surface area contributed by atoms with Crippen molar-refractivity contribution in [2.75, 3.05) is 0 Å². The van der Waals surface area contributed by atoms with E-state index in [1.807, 2.05) is 24.3 Å². The minimum Gasteiger partial charge on any atom is -0.423 e. The standard InChI is InChI=1S/C20H28O2/c1-2-3-4-5-6-7-8-9-10-11-16-19-17-14-12-13-15-18(17)20(21)22-19/h12-16H,2-11H2,1H3. The lowest BCUT2D eigenvalue weighted by atomic mass is 10.1. The number of cyclic esters (lactones) is 1. The number of hydrogen-bond donors (Lipinski definition) is 0. The number of rotatable bonds is 10. The molecule has 22 heavy (non-hydrogen) atoms. The van der Waals surface area contributed by atoms with E-state index in [-0.39, 0.29) is 5.97 Å². The molecule has 0 saturated heterocycles. The summed E-state index contributed by atoms with van der Waals surface area (Å²) in [4.78, 5) is 11.7. The summed E-state index contributed by atoms with van der Waals surface area (Å²) < 4.78 is 5.34. The maximum Gasteiger partial charge on any atom is 0.344 e. The Morgan fingerprint density at radius 3 is 2.14 bits per heavy atom. The van der Waals surface area contributed by atoms with Gasteiger partial charge in [0.05, 0.1) is 5.56 Å². The molecule has 1 aliphatic rings. The smallest absolute Gasteiger partial charge is 0.344 e. The summed E-state index contributed by atoms with van der Waals surface area (Å²) in [5.41, 5.74) is 1.64. The van der Waals surface area contributed by atoms with Gasteiger partial charge >= 0.3 is 5.97 Å². The van der Waals surface area contributed by atoms with Gasteiger partial charge < -0.3 is 4.74 Å². The summed E-state index contributed by atoms with van der Waals surface area (Å²) >= 11 is 0. The lowest BCUT2D eigenvalue weighted by Gasteiger charge is -2.01. The average molecular weight is 300 g/mol. The van der Waals surface area contributed by atoms with Crippen LogP contribution in [0.3, 0.4) is 0 Å². The maximum absolute atomic E-state index is 11.7. The van der Waals surface area contributed by atoms with E-state index in [2.05, 4.69) is 13.0 Å². The van der Waals surface area contributed by atoms with Gasteiger partial charge in [-0.2, -0.15) is 0 Å². The highest BCUT2D eigenvalue weighted by Crippen LogP contribution is 2.29. The number of esters is 1. The molecule has 0 amide bonds. The molecule has 0 unspecified atom stereocenters. The van der Waals surface area contributed by atoms with Crippen LogP contribution in [0.1, 0.15) is 87.1 Å². The van der Waals surface area contributed by atoms with Crippen molar-refractivity contribution >= 4 is 11.7 Å². The van der Waals surface area contributed by atoms with Crippen molar-refractivity contribution in [3.05, 3.63) is 41.5 Å². The first-order chi connectivity index (χ1) is 10.8. The Hall–Kier alpha value is -1.57. The number of unbranched alkanes of at least 4 members (excludes halogenated alkanes) is 9. The van der Waals surface area contributed by atoms with E-state index in [0.717, 1.165) is 17.7 Å². The van der Waals surface area contributed by atoms with Gasteiger partial charge in [-0.1, -0.05) is 76.5 Å². The van der Waals surface area contributed by atoms with Gasteiger partial charge in [-0.25, -0.2) is 4.79 Å². The highest BCUT2D eigenvalue weighted by atomic mass is 16.5. The molecule has 2 nitrogen and oxygen atoms in total. The third-order valence-electron chi connectivity index (χ3n) is 4.25. The molecule has 0 atom stereocenters. The largest absolute Gasteiger partial charge is 0.423 e. The molecule has 2 heteroatoms. The molecule has 1 aliphatic heterocycles. The van der Waals surface area contributed by atoms with Crippen molar-refractivity contribution in [2.24, 2.45) is 0 Å². The Balaban J connectivity index is 1.60. The maximum atomic E-state index is 11.7. The van der Waals surface area contributed by atoms with Crippen molar-refractivity contribution in [1.82, 2.24) is 0 Å². The third-order valence-corrected chi connectivity index (χ3v) is 4.25. The molecule has 120 valence electrons. The SMILES string of the molecule is CCCCCCCCCCCC=C1OC(=O)c2ccccc21. The molecular formula is C20H28O2. The quantitative estimate of drug-likeness (QED) is 0.384. The summed E-state index contributed by atoms with van der Waals surface area (Å²) in [5.74, 6) is 0.536. The van der Waals surface area contributed by atoms with Crippen molar-refractivity contribution < 1.29 is 9.53 Å². The van der Waals surface area contributed by atoms with Gasteiger partial charge in [0.15, 0.2) is 0 Å². The van der Waals surface area contributed by atoms with Crippen LogP contribution in [0.25, 0.3) is 5.76 Å². The molecular weight excluding hydrogens is 272 g/mol. The molecule has 0 aromatic heterocycles. The third kappa shape index (κ3) is 5.01. The van der Waals surface area contributed by atoms with E-state index in [1.165, 1.54) is 57.8 Å². The lowest BCUT2D eigenvalue weighted by molar-refractivity contribution is 0.0715. The molecule has 0 spiro atoms. The second-order valence-corrected chi connectivity index (χ2v) is 6.12. The van der Waals surface area contributed by atoms with Crippen LogP contribution in [0.15, 0.2) is 30.3 Å². The predicted molar refractivity (Wildman–Crippen MR) is 91.7 cm³/mol. The van der Waals surface area contributed by atoms with E-state index < -0.39 is 0 Å². The Morgan fingerprint density at radius 2 is 1.45 bits per heavy atom. The second-order valence-electron chi connectivity index (χ2n) is 6.12. The van der Waals surface area contributed by atoms with Crippen molar-refractivity contribution in [3.63, 3.8) is 0 Å². The zero-order valence-corrected chi connectivity index (χ0v) is 13.8. The molecule has 1 aromatic rings. The molecule has 0 radical (unpaired) electrons. The number of carbonyl (C=O) groups is 1. The molecule has 0 saturated carbocycles. The van der Waals surface area contributed by atoms with E-state index in [9.17, 15) is 4.79 Å². The summed E-state index contributed by atoms with van der Waals surface area (Å²) in [6, 6.07) is 7.62. The summed E-state index contributed by atoms with van der Waals surface area (Å²) in [7, 11) is 0. The highest BCUT2D eigenvalue weighted by Gasteiger charge is 2.24. The summed E-state index contributed by atoms with van der Waals surface area (Å²) in [6.07, 6.45) is 15.1. The minimum absolute atomic E-state index is 0.214. The van der Waals surface area contributed by atoms with Gasteiger partial charge in [-0.15, -0.1) is 0 Å². The summed E-state index contributed by atoms with van der Waals surface area (Å²) in [6.45, 7) is 2.26. The van der Waals surface area contributed by atoms with E-state index in [1.54, 1.807) is 0 Å². The molecule has 0 N–H and O–H groups in total. The van der Waals surface area contributed by atoms with Crippen LogP contribution < -0.4 is 0 Å². The van der Waals surface area contributed by atoms with Crippen molar-refractivity contribution in [1.29, 1.82) is 0 Å². The van der Waals surface area contributed by atoms with Crippen LogP contribution in [0.5, 0.6) is 0 Å². The number of fused-ring (bicyclic) bond motifs is 1. The number of benzene rings is 1. The predicted octanol–water partition coefficient (Wildman–Crippen LogP) is 6.12. The highest BCUT2D eigenvalue weighted by molar-refractivity contribution is 6.02. The Morgan fingerprint density at radius 1 is 0.864 bits per heavy atom. The first-order valence-electron chi connectivity index (χ1n) is 8.84. The Labute approximate surface area is 134 Å². The van der Waals surface area contributed by atoms with Gasteiger partial charge in [-0.05, 0) is 25.0 Å². The van der Waals surface area contributed by atoms with Gasteiger partial charge in [0.2, 0.25) is 0 Å². The number of ether oxygens (including phenoxy) is 1. The van der Waals surface area contributed by atoms with Gasteiger partial charge in [0, 0.05) is 5.56 Å². The van der Waals surface area contributed by atoms with E-state index in [4.69, 9.17) is 4.74 Å². The fourth-order valence-corrected chi connectivity index (χ4v) is 2.93. The number of carbonyl (C=O) groups excluding carboxylic acids is 1.